The molecule has 0 radical (unpaired) electrons. The van der Waals surface area contributed by atoms with Crippen LogP contribution in [0.4, 0.5) is 8.78 Å². The van der Waals surface area contributed by atoms with Crippen LogP contribution in [0.1, 0.15) is 12.5 Å². The molecule has 0 aliphatic rings. The lowest BCUT2D eigenvalue weighted by Gasteiger charge is -2.07. The molecule has 136 valence electrons. The molecule has 27 heavy (non-hydrogen) atoms. The average molecular weight is 371 g/mol. The molecule has 3 aromatic heterocycles. The fourth-order valence-electron chi connectivity index (χ4n) is 2.27. The molecule has 0 aromatic carbocycles. The summed E-state index contributed by atoms with van der Waals surface area (Å²) in [5.41, 5.74) is 0.111. The Hall–Kier alpha value is -3.87. The van der Waals surface area contributed by atoms with Crippen LogP contribution in [0.15, 0.2) is 36.7 Å². The third-order valence-electron chi connectivity index (χ3n) is 3.54. The highest BCUT2D eigenvalue weighted by molar-refractivity contribution is 5.74. The first-order valence-corrected chi connectivity index (χ1v) is 7.57. The smallest absolute Gasteiger partial charge is 0.344 e. The molecule has 0 aliphatic carbocycles. The van der Waals surface area contributed by atoms with Crippen molar-refractivity contribution in [2.45, 2.75) is 13.0 Å². The van der Waals surface area contributed by atoms with Gasteiger partial charge in [0, 0.05) is 18.0 Å². The molecule has 8 nitrogen and oxygen atoms in total. The van der Waals surface area contributed by atoms with E-state index in [9.17, 15) is 18.8 Å². The highest BCUT2D eigenvalue weighted by Crippen LogP contribution is 2.32. The maximum Gasteiger partial charge on any atom is 0.344 e. The lowest BCUT2D eigenvalue weighted by Crippen LogP contribution is -2.23. The fraction of sp³-hybridized carbons (Fsp3) is 0.118. The summed E-state index contributed by atoms with van der Waals surface area (Å²) >= 11 is 0. The van der Waals surface area contributed by atoms with Crippen LogP contribution in [0.2, 0.25) is 0 Å². The van der Waals surface area contributed by atoms with Crippen LogP contribution in [0.3, 0.4) is 0 Å². The maximum atomic E-state index is 14.3. The minimum Gasteiger partial charge on any atom is -0.479 e. The van der Waals surface area contributed by atoms with Gasteiger partial charge in [-0.25, -0.2) is 23.8 Å². The van der Waals surface area contributed by atoms with E-state index in [2.05, 4.69) is 15.1 Å². The predicted octanol–water partition coefficient (Wildman–Crippen LogP) is 2.33. The Labute approximate surface area is 151 Å². The second-order valence-electron chi connectivity index (χ2n) is 5.33. The summed E-state index contributed by atoms with van der Waals surface area (Å²) in [6, 6.07) is 6.75. The van der Waals surface area contributed by atoms with Crippen LogP contribution in [0.25, 0.3) is 17.1 Å². The number of carboxylic acid groups (broad SMARTS) is 1. The standard InChI is InChI=1S/C17H11F2N5O3/c1-9(17(25)26)27-16-11(7-20)14(10-4-5-13(19)22-8-10)24(23-16)15-12(18)3-2-6-21-15/h2-6,8-9H,1H3,(H,25,26). The Morgan fingerprint density at radius 2 is 2.11 bits per heavy atom. The molecule has 3 heterocycles. The van der Waals surface area contributed by atoms with E-state index >= 15 is 0 Å². The van der Waals surface area contributed by atoms with Gasteiger partial charge in [-0.3, -0.25) is 0 Å². The van der Waals surface area contributed by atoms with E-state index in [1.54, 1.807) is 0 Å². The number of carboxylic acids is 1. The van der Waals surface area contributed by atoms with E-state index in [0.29, 0.717) is 0 Å². The molecular formula is C17H11F2N5O3. The van der Waals surface area contributed by atoms with Gasteiger partial charge in [-0.15, -0.1) is 5.10 Å². The van der Waals surface area contributed by atoms with E-state index in [0.717, 1.165) is 23.0 Å². The molecule has 1 unspecified atom stereocenters. The zero-order valence-electron chi connectivity index (χ0n) is 13.8. The molecule has 10 heteroatoms. The number of aliphatic carboxylic acids is 1. The molecular weight excluding hydrogens is 360 g/mol. The van der Waals surface area contributed by atoms with E-state index in [1.807, 2.05) is 6.07 Å². The van der Waals surface area contributed by atoms with Crippen LogP contribution in [0, 0.1) is 23.1 Å². The Kier molecular flexibility index (Phi) is 4.76. The molecule has 0 bridgehead atoms. The average Bonchev–Trinajstić information content (AvgIpc) is 3.00. The first-order valence-electron chi connectivity index (χ1n) is 7.57. The number of ether oxygens (including phenoxy) is 1. The van der Waals surface area contributed by atoms with Crippen LogP contribution in [0.5, 0.6) is 5.88 Å². The summed E-state index contributed by atoms with van der Waals surface area (Å²) < 4.78 is 33.7. The lowest BCUT2D eigenvalue weighted by molar-refractivity contribution is -0.144. The number of hydrogen-bond acceptors (Lipinski definition) is 6. The Morgan fingerprint density at radius 3 is 2.70 bits per heavy atom. The van der Waals surface area contributed by atoms with Crippen LogP contribution in [-0.2, 0) is 4.79 Å². The summed E-state index contributed by atoms with van der Waals surface area (Å²) in [5.74, 6) is -3.33. The van der Waals surface area contributed by atoms with Crippen molar-refractivity contribution in [3.8, 4) is 29.0 Å². The Morgan fingerprint density at radius 1 is 1.33 bits per heavy atom. The van der Waals surface area contributed by atoms with Gasteiger partial charge in [-0.2, -0.15) is 9.65 Å². The number of pyridine rings is 2. The zero-order chi connectivity index (χ0) is 19.6. The number of aromatic nitrogens is 4. The van der Waals surface area contributed by atoms with Crippen molar-refractivity contribution in [1.29, 1.82) is 5.26 Å². The molecule has 1 atom stereocenters. The van der Waals surface area contributed by atoms with Gasteiger partial charge in [-0.05, 0) is 31.2 Å². The molecule has 3 aromatic rings. The maximum absolute atomic E-state index is 14.3. The SMILES string of the molecule is CC(Oc1nn(-c2ncccc2F)c(-c2ccc(F)nc2)c1C#N)C(=O)O. The van der Waals surface area contributed by atoms with E-state index < -0.39 is 23.8 Å². The van der Waals surface area contributed by atoms with Crippen LogP contribution >= 0.6 is 0 Å². The molecule has 0 spiro atoms. The molecule has 0 saturated carbocycles. The highest BCUT2D eigenvalue weighted by atomic mass is 19.1. The predicted molar refractivity (Wildman–Crippen MR) is 86.9 cm³/mol. The van der Waals surface area contributed by atoms with Crippen molar-refractivity contribution < 1.29 is 23.4 Å². The number of rotatable bonds is 5. The summed E-state index contributed by atoms with van der Waals surface area (Å²) in [4.78, 5) is 18.5. The first kappa shape index (κ1) is 17.9. The van der Waals surface area contributed by atoms with Crippen LogP contribution < -0.4 is 4.74 Å². The van der Waals surface area contributed by atoms with Crippen molar-refractivity contribution in [2.24, 2.45) is 0 Å². The third kappa shape index (κ3) is 3.43. The molecule has 0 aliphatic heterocycles. The topological polar surface area (TPSA) is 114 Å². The van der Waals surface area contributed by atoms with Crippen molar-refractivity contribution >= 4 is 5.97 Å². The Balaban J connectivity index is 2.26. The molecule has 3 rings (SSSR count). The summed E-state index contributed by atoms with van der Waals surface area (Å²) in [5, 5.41) is 22.6. The quantitative estimate of drug-likeness (QED) is 0.685. The van der Waals surface area contributed by atoms with Gasteiger partial charge in [0.05, 0.1) is 5.69 Å². The number of nitriles is 1. The van der Waals surface area contributed by atoms with Crippen molar-refractivity contribution in [3.63, 3.8) is 0 Å². The van der Waals surface area contributed by atoms with Crippen LogP contribution in [-0.4, -0.2) is 36.9 Å². The first-order chi connectivity index (χ1) is 12.9. The second-order valence-corrected chi connectivity index (χ2v) is 5.33. The van der Waals surface area contributed by atoms with Gasteiger partial charge >= 0.3 is 5.97 Å². The van der Waals surface area contributed by atoms with E-state index in [-0.39, 0.29) is 28.5 Å². The largest absolute Gasteiger partial charge is 0.479 e. The van der Waals surface area contributed by atoms with Gasteiger partial charge in [-0.1, -0.05) is 0 Å². The molecule has 0 fully saturated rings. The minimum atomic E-state index is -1.31. The molecule has 0 saturated heterocycles. The van der Waals surface area contributed by atoms with Gasteiger partial charge in [0.15, 0.2) is 17.7 Å². The van der Waals surface area contributed by atoms with E-state index in [4.69, 9.17) is 9.84 Å². The van der Waals surface area contributed by atoms with Gasteiger partial charge < -0.3 is 9.84 Å². The van der Waals surface area contributed by atoms with E-state index in [1.165, 1.54) is 25.3 Å². The second kappa shape index (κ2) is 7.17. The monoisotopic (exact) mass is 371 g/mol. The third-order valence-corrected chi connectivity index (χ3v) is 3.54. The minimum absolute atomic E-state index is 0.0372. The molecule has 1 N–H and O–H groups in total. The van der Waals surface area contributed by atoms with Crippen molar-refractivity contribution in [3.05, 3.63) is 54.0 Å². The number of hydrogen-bond donors (Lipinski definition) is 1. The zero-order valence-corrected chi connectivity index (χ0v) is 13.8. The van der Waals surface area contributed by atoms with Gasteiger partial charge in [0.25, 0.3) is 5.88 Å². The van der Waals surface area contributed by atoms with Gasteiger partial charge in [0.2, 0.25) is 5.95 Å². The number of carbonyl (C=O) groups is 1. The fourth-order valence-corrected chi connectivity index (χ4v) is 2.27. The van der Waals surface area contributed by atoms with Crippen molar-refractivity contribution in [1.82, 2.24) is 19.7 Å². The Bertz CT molecular complexity index is 1040. The summed E-state index contributed by atoms with van der Waals surface area (Å²) in [6.45, 7) is 1.25. The summed E-state index contributed by atoms with van der Waals surface area (Å²) in [6.07, 6.45) is 1.14. The highest BCUT2D eigenvalue weighted by Gasteiger charge is 2.26. The van der Waals surface area contributed by atoms with Crippen molar-refractivity contribution in [2.75, 3.05) is 0 Å². The lowest BCUT2D eigenvalue weighted by atomic mass is 10.1. The van der Waals surface area contributed by atoms with Gasteiger partial charge in [0.1, 0.15) is 11.6 Å². The number of halogens is 2. The normalized spacial score (nSPS) is 11.6. The summed E-state index contributed by atoms with van der Waals surface area (Å²) in [7, 11) is 0. The number of nitrogens with zero attached hydrogens (tertiary/aromatic N) is 5. The molecule has 0 amide bonds.